The molecule has 0 spiro atoms. The van der Waals surface area contributed by atoms with Crippen LogP contribution < -0.4 is 10.1 Å². The Morgan fingerprint density at radius 1 is 1.47 bits per heavy atom. The number of anilines is 1. The summed E-state index contributed by atoms with van der Waals surface area (Å²) in [5.74, 6) is 0.666. The Balaban J connectivity index is 2.46. The lowest BCUT2D eigenvalue weighted by Gasteiger charge is -2.08. The van der Waals surface area contributed by atoms with E-state index >= 15 is 0 Å². The van der Waals surface area contributed by atoms with Crippen molar-refractivity contribution in [3.05, 3.63) is 24.3 Å². The van der Waals surface area contributed by atoms with Crippen molar-refractivity contribution in [2.45, 2.75) is 13.0 Å². The zero-order valence-corrected chi connectivity index (χ0v) is 8.60. The molecule has 1 unspecified atom stereocenters. The molecule has 0 heterocycles. The van der Waals surface area contributed by atoms with Gasteiger partial charge < -0.3 is 15.2 Å². The second-order valence-electron chi connectivity index (χ2n) is 3.20. The van der Waals surface area contributed by atoms with Crippen molar-refractivity contribution in [1.29, 1.82) is 5.26 Å². The van der Waals surface area contributed by atoms with E-state index in [9.17, 15) is 0 Å². The molecule has 0 bridgehead atoms. The molecule has 0 saturated heterocycles. The molecule has 0 aliphatic carbocycles. The molecule has 4 nitrogen and oxygen atoms in total. The number of hydrogen-bond acceptors (Lipinski definition) is 4. The molecule has 0 amide bonds. The fraction of sp³-hybridized carbons (Fsp3) is 0.364. The molecule has 1 aromatic carbocycles. The van der Waals surface area contributed by atoms with Crippen LogP contribution in [0, 0.1) is 11.3 Å². The van der Waals surface area contributed by atoms with Gasteiger partial charge in [-0.1, -0.05) is 0 Å². The van der Waals surface area contributed by atoms with Crippen molar-refractivity contribution in [3.63, 3.8) is 0 Å². The van der Waals surface area contributed by atoms with Gasteiger partial charge in [-0.25, -0.2) is 0 Å². The van der Waals surface area contributed by atoms with E-state index in [1.165, 1.54) is 0 Å². The van der Waals surface area contributed by atoms with Gasteiger partial charge in [-0.05, 0) is 31.2 Å². The summed E-state index contributed by atoms with van der Waals surface area (Å²) in [7, 11) is 0. The van der Waals surface area contributed by atoms with Gasteiger partial charge in [0.1, 0.15) is 11.8 Å². The fourth-order valence-electron chi connectivity index (χ4n) is 1.05. The highest BCUT2D eigenvalue weighted by molar-refractivity contribution is 5.46. The van der Waals surface area contributed by atoms with Crippen LogP contribution in [0.3, 0.4) is 0 Å². The van der Waals surface area contributed by atoms with Crippen LogP contribution in [0.25, 0.3) is 0 Å². The molecule has 2 N–H and O–H groups in total. The standard InChI is InChI=1S/C11H14N2O2/c1-9(14)8-13-10-2-4-11(5-3-10)15-7-6-12/h2-5,9,13-14H,7-8H2,1H3. The van der Waals surface area contributed by atoms with E-state index in [1.807, 2.05) is 18.2 Å². The SMILES string of the molecule is CC(O)CNc1ccc(OCC#N)cc1. The minimum absolute atomic E-state index is 0.0560. The maximum Gasteiger partial charge on any atom is 0.174 e. The van der Waals surface area contributed by atoms with Crippen molar-refractivity contribution >= 4 is 5.69 Å². The Morgan fingerprint density at radius 3 is 2.67 bits per heavy atom. The molecule has 0 aliphatic rings. The van der Waals surface area contributed by atoms with Gasteiger partial charge in [0.05, 0.1) is 6.10 Å². The average molecular weight is 206 g/mol. The number of benzene rings is 1. The second kappa shape index (κ2) is 5.89. The first-order valence-corrected chi connectivity index (χ1v) is 4.74. The first-order chi connectivity index (χ1) is 7.22. The largest absolute Gasteiger partial charge is 0.479 e. The fourth-order valence-corrected chi connectivity index (χ4v) is 1.05. The highest BCUT2D eigenvalue weighted by Crippen LogP contribution is 2.15. The number of rotatable bonds is 5. The lowest BCUT2D eigenvalue weighted by atomic mass is 10.3. The van der Waals surface area contributed by atoms with Crippen LogP contribution in [0.15, 0.2) is 24.3 Å². The zero-order chi connectivity index (χ0) is 11.1. The second-order valence-corrected chi connectivity index (χ2v) is 3.20. The minimum atomic E-state index is -0.375. The van der Waals surface area contributed by atoms with E-state index in [1.54, 1.807) is 19.1 Å². The van der Waals surface area contributed by atoms with Gasteiger partial charge in [-0.2, -0.15) is 5.26 Å². The predicted octanol–water partition coefficient (Wildman–Crippen LogP) is 1.38. The number of aliphatic hydroxyl groups is 1. The minimum Gasteiger partial charge on any atom is -0.479 e. The van der Waals surface area contributed by atoms with Crippen molar-refractivity contribution < 1.29 is 9.84 Å². The van der Waals surface area contributed by atoms with Crippen LogP contribution in [0.2, 0.25) is 0 Å². The number of nitriles is 1. The Morgan fingerprint density at radius 2 is 2.13 bits per heavy atom. The number of aliphatic hydroxyl groups excluding tert-OH is 1. The van der Waals surface area contributed by atoms with Crippen LogP contribution >= 0.6 is 0 Å². The van der Waals surface area contributed by atoms with Gasteiger partial charge in [-0.15, -0.1) is 0 Å². The molecule has 0 saturated carbocycles. The quantitative estimate of drug-likeness (QED) is 0.763. The third kappa shape index (κ3) is 4.34. The summed E-state index contributed by atoms with van der Waals surface area (Å²) in [5.41, 5.74) is 0.917. The molecule has 1 rings (SSSR count). The van der Waals surface area contributed by atoms with E-state index in [0.717, 1.165) is 5.69 Å². The number of ether oxygens (including phenoxy) is 1. The van der Waals surface area contributed by atoms with E-state index in [4.69, 9.17) is 15.1 Å². The number of nitrogens with zero attached hydrogens (tertiary/aromatic N) is 1. The first-order valence-electron chi connectivity index (χ1n) is 4.74. The van der Waals surface area contributed by atoms with Crippen molar-refractivity contribution in [3.8, 4) is 11.8 Å². The topological polar surface area (TPSA) is 65.3 Å². The normalized spacial score (nSPS) is 11.5. The van der Waals surface area contributed by atoms with Gasteiger partial charge in [-0.3, -0.25) is 0 Å². The summed E-state index contributed by atoms with van der Waals surface area (Å²) in [6, 6.07) is 9.14. The molecule has 0 radical (unpaired) electrons. The molecule has 80 valence electrons. The molecular weight excluding hydrogens is 192 g/mol. The van der Waals surface area contributed by atoms with E-state index < -0.39 is 0 Å². The van der Waals surface area contributed by atoms with Crippen LogP contribution in [0.5, 0.6) is 5.75 Å². The molecule has 0 fully saturated rings. The molecule has 15 heavy (non-hydrogen) atoms. The van der Waals surface area contributed by atoms with E-state index in [0.29, 0.717) is 12.3 Å². The highest BCUT2D eigenvalue weighted by Gasteiger charge is 1.97. The monoisotopic (exact) mass is 206 g/mol. The van der Waals surface area contributed by atoms with Gasteiger partial charge in [0.15, 0.2) is 6.61 Å². The maximum atomic E-state index is 9.06. The van der Waals surface area contributed by atoms with Gasteiger partial charge in [0.25, 0.3) is 0 Å². The maximum absolute atomic E-state index is 9.06. The van der Waals surface area contributed by atoms with Gasteiger partial charge in [0.2, 0.25) is 0 Å². The van der Waals surface area contributed by atoms with Gasteiger partial charge >= 0.3 is 0 Å². The van der Waals surface area contributed by atoms with Crippen LogP contribution in [0.4, 0.5) is 5.69 Å². The van der Waals surface area contributed by atoms with Crippen molar-refractivity contribution in [1.82, 2.24) is 0 Å². The van der Waals surface area contributed by atoms with Gasteiger partial charge in [0, 0.05) is 12.2 Å². The summed E-state index contributed by atoms with van der Waals surface area (Å²) in [5, 5.41) is 20.4. The van der Waals surface area contributed by atoms with Crippen LogP contribution in [-0.2, 0) is 0 Å². The summed E-state index contributed by atoms with van der Waals surface area (Å²) in [6.07, 6.45) is -0.375. The molecule has 4 heteroatoms. The number of nitrogens with one attached hydrogen (secondary N) is 1. The van der Waals surface area contributed by atoms with Crippen molar-refractivity contribution in [2.75, 3.05) is 18.5 Å². The summed E-state index contributed by atoms with van der Waals surface area (Å²) >= 11 is 0. The van der Waals surface area contributed by atoms with Crippen LogP contribution in [-0.4, -0.2) is 24.4 Å². The third-order valence-corrected chi connectivity index (χ3v) is 1.76. The van der Waals surface area contributed by atoms with Crippen LogP contribution in [0.1, 0.15) is 6.92 Å². The smallest absolute Gasteiger partial charge is 0.174 e. The predicted molar refractivity (Wildman–Crippen MR) is 57.7 cm³/mol. The molecule has 1 aromatic rings. The Labute approximate surface area is 89.1 Å². The zero-order valence-electron chi connectivity index (χ0n) is 8.60. The Hall–Kier alpha value is -1.73. The highest BCUT2D eigenvalue weighted by atomic mass is 16.5. The molecular formula is C11H14N2O2. The molecule has 0 aliphatic heterocycles. The number of hydrogen-bond donors (Lipinski definition) is 2. The summed E-state index contributed by atoms with van der Waals surface area (Å²) in [4.78, 5) is 0. The molecule has 1 atom stereocenters. The lowest BCUT2D eigenvalue weighted by Crippen LogP contribution is -2.15. The van der Waals surface area contributed by atoms with E-state index in [2.05, 4.69) is 5.32 Å². The average Bonchev–Trinajstić information content (AvgIpc) is 2.25. The summed E-state index contributed by atoms with van der Waals surface area (Å²) < 4.78 is 5.10. The summed E-state index contributed by atoms with van der Waals surface area (Å²) in [6.45, 7) is 2.29. The van der Waals surface area contributed by atoms with E-state index in [-0.39, 0.29) is 12.7 Å². The van der Waals surface area contributed by atoms with Crippen molar-refractivity contribution in [2.24, 2.45) is 0 Å². The molecule has 0 aromatic heterocycles. The lowest BCUT2D eigenvalue weighted by molar-refractivity contribution is 0.208. The Bertz CT molecular complexity index is 327. The first kappa shape index (κ1) is 11.3. The Kier molecular flexibility index (Phi) is 4.45. The third-order valence-electron chi connectivity index (χ3n) is 1.76.